The van der Waals surface area contributed by atoms with Crippen LogP contribution >= 0.6 is 23.2 Å². The molecular formula is C12H16Cl2O3. The van der Waals surface area contributed by atoms with E-state index >= 15 is 0 Å². The number of ether oxygens (including phenoxy) is 3. The number of halogens is 2. The van der Waals surface area contributed by atoms with Gasteiger partial charge in [0.1, 0.15) is 6.61 Å². The summed E-state index contributed by atoms with van der Waals surface area (Å²) in [6, 6.07) is 3.47. The standard InChI is InChI=1S/C12H16Cl2O3/c1-3-16-4-5-17-12-9(8-13)6-10(14)7-11(12)15-2/h6-7H,3-5,8H2,1-2H3. The van der Waals surface area contributed by atoms with Gasteiger partial charge in [-0.15, -0.1) is 11.6 Å². The molecule has 0 N–H and O–H groups in total. The highest BCUT2D eigenvalue weighted by Crippen LogP contribution is 2.35. The first-order valence-electron chi connectivity index (χ1n) is 5.35. The predicted octanol–water partition coefficient (Wildman–Crippen LogP) is 3.50. The van der Waals surface area contributed by atoms with Gasteiger partial charge >= 0.3 is 0 Å². The summed E-state index contributed by atoms with van der Waals surface area (Å²) in [4.78, 5) is 0. The van der Waals surface area contributed by atoms with E-state index in [1.54, 1.807) is 19.2 Å². The molecule has 1 aromatic rings. The Labute approximate surface area is 112 Å². The predicted molar refractivity (Wildman–Crippen MR) is 69.5 cm³/mol. The van der Waals surface area contributed by atoms with Crippen LogP contribution in [0.5, 0.6) is 11.5 Å². The fourth-order valence-electron chi connectivity index (χ4n) is 1.38. The van der Waals surface area contributed by atoms with Crippen molar-refractivity contribution in [1.82, 2.24) is 0 Å². The number of benzene rings is 1. The summed E-state index contributed by atoms with van der Waals surface area (Å²) in [5.74, 6) is 1.54. The van der Waals surface area contributed by atoms with Gasteiger partial charge in [-0.05, 0) is 13.0 Å². The van der Waals surface area contributed by atoms with Gasteiger partial charge in [-0.25, -0.2) is 0 Å². The van der Waals surface area contributed by atoms with Gasteiger partial charge in [0.15, 0.2) is 11.5 Å². The summed E-state index contributed by atoms with van der Waals surface area (Å²) in [7, 11) is 1.57. The van der Waals surface area contributed by atoms with Crippen molar-refractivity contribution < 1.29 is 14.2 Å². The van der Waals surface area contributed by atoms with Crippen LogP contribution in [0.4, 0.5) is 0 Å². The molecule has 0 spiro atoms. The fraction of sp³-hybridized carbons (Fsp3) is 0.500. The Kier molecular flexibility index (Phi) is 6.48. The molecule has 1 rings (SSSR count). The average molecular weight is 279 g/mol. The fourth-order valence-corrected chi connectivity index (χ4v) is 1.81. The van der Waals surface area contributed by atoms with Crippen LogP contribution in [0.15, 0.2) is 12.1 Å². The highest BCUT2D eigenvalue weighted by atomic mass is 35.5. The zero-order valence-corrected chi connectivity index (χ0v) is 11.5. The normalized spacial score (nSPS) is 10.4. The minimum Gasteiger partial charge on any atom is -0.493 e. The van der Waals surface area contributed by atoms with E-state index in [-0.39, 0.29) is 0 Å². The van der Waals surface area contributed by atoms with Gasteiger partial charge in [-0.1, -0.05) is 11.6 Å². The Morgan fingerprint density at radius 2 is 2.00 bits per heavy atom. The first kappa shape index (κ1) is 14.4. The Hall–Kier alpha value is -0.640. The summed E-state index contributed by atoms with van der Waals surface area (Å²) in [5, 5.41) is 0.578. The van der Waals surface area contributed by atoms with Crippen molar-refractivity contribution in [2.75, 3.05) is 26.9 Å². The first-order chi connectivity index (χ1) is 8.22. The Morgan fingerprint density at radius 1 is 1.24 bits per heavy atom. The Balaban J connectivity index is 2.79. The smallest absolute Gasteiger partial charge is 0.165 e. The summed E-state index contributed by atoms with van der Waals surface area (Å²) >= 11 is 11.8. The van der Waals surface area contributed by atoms with E-state index in [0.29, 0.717) is 42.2 Å². The molecule has 0 saturated heterocycles. The SMILES string of the molecule is CCOCCOc1c(CCl)cc(Cl)cc1OC. The minimum absolute atomic E-state index is 0.320. The molecule has 0 amide bonds. The van der Waals surface area contributed by atoms with Crippen molar-refractivity contribution in [3.8, 4) is 11.5 Å². The molecule has 96 valence electrons. The number of methoxy groups -OCH3 is 1. The van der Waals surface area contributed by atoms with E-state index in [1.807, 2.05) is 6.92 Å². The largest absolute Gasteiger partial charge is 0.493 e. The van der Waals surface area contributed by atoms with Crippen molar-refractivity contribution >= 4 is 23.2 Å². The molecule has 5 heteroatoms. The molecule has 1 aromatic carbocycles. The highest BCUT2D eigenvalue weighted by Gasteiger charge is 2.12. The second kappa shape index (κ2) is 7.64. The second-order valence-corrected chi connectivity index (χ2v) is 3.98. The Bertz CT molecular complexity index is 331. The molecule has 0 aliphatic carbocycles. The van der Waals surface area contributed by atoms with Crippen LogP contribution in [0.1, 0.15) is 12.5 Å². The maximum absolute atomic E-state index is 5.94. The average Bonchev–Trinajstić information content (AvgIpc) is 2.35. The van der Waals surface area contributed by atoms with Gasteiger partial charge in [0.25, 0.3) is 0 Å². The molecule has 0 radical (unpaired) electrons. The maximum Gasteiger partial charge on any atom is 0.165 e. The number of rotatable bonds is 7. The lowest BCUT2D eigenvalue weighted by atomic mass is 10.2. The Morgan fingerprint density at radius 3 is 2.59 bits per heavy atom. The van der Waals surface area contributed by atoms with Crippen molar-refractivity contribution in [2.45, 2.75) is 12.8 Å². The molecule has 0 bridgehead atoms. The van der Waals surface area contributed by atoms with E-state index in [9.17, 15) is 0 Å². The molecule has 0 aliphatic rings. The van der Waals surface area contributed by atoms with Crippen molar-refractivity contribution in [1.29, 1.82) is 0 Å². The van der Waals surface area contributed by atoms with Crippen LogP contribution in [0, 0.1) is 0 Å². The van der Waals surface area contributed by atoms with Gasteiger partial charge < -0.3 is 14.2 Å². The maximum atomic E-state index is 5.94. The molecule has 0 atom stereocenters. The van der Waals surface area contributed by atoms with E-state index in [1.165, 1.54) is 0 Å². The third-order valence-electron chi connectivity index (χ3n) is 2.14. The summed E-state index contributed by atoms with van der Waals surface area (Å²) in [6.07, 6.45) is 0. The van der Waals surface area contributed by atoms with Gasteiger partial charge in [0, 0.05) is 23.3 Å². The third kappa shape index (κ3) is 4.26. The third-order valence-corrected chi connectivity index (χ3v) is 2.64. The molecular weight excluding hydrogens is 263 g/mol. The van der Waals surface area contributed by atoms with Crippen LogP contribution < -0.4 is 9.47 Å². The van der Waals surface area contributed by atoms with Gasteiger partial charge in [-0.2, -0.15) is 0 Å². The summed E-state index contributed by atoms with van der Waals surface area (Å²) in [6.45, 7) is 3.59. The van der Waals surface area contributed by atoms with E-state index < -0.39 is 0 Å². The lowest BCUT2D eigenvalue weighted by molar-refractivity contribution is 0.108. The molecule has 0 heterocycles. The van der Waals surface area contributed by atoms with Gasteiger partial charge in [0.05, 0.1) is 19.6 Å². The number of alkyl halides is 1. The zero-order valence-electron chi connectivity index (χ0n) is 9.96. The van der Waals surface area contributed by atoms with Crippen LogP contribution in [-0.4, -0.2) is 26.9 Å². The lowest BCUT2D eigenvalue weighted by Gasteiger charge is -2.14. The molecule has 0 aliphatic heterocycles. The van der Waals surface area contributed by atoms with Crippen molar-refractivity contribution in [2.24, 2.45) is 0 Å². The van der Waals surface area contributed by atoms with E-state index in [0.717, 1.165) is 5.56 Å². The molecule has 0 unspecified atom stereocenters. The number of hydrogen-bond acceptors (Lipinski definition) is 3. The zero-order chi connectivity index (χ0) is 12.7. The summed E-state index contributed by atoms with van der Waals surface area (Å²) < 4.78 is 16.0. The molecule has 0 saturated carbocycles. The van der Waals surface area contributed by atoms with E-state index in [4.69, 9.17) is 37.4 Å². The monoisotopic (exact) mass is 278 g/mol. The van der Waals surface area contributed by atoms with Crippen LogP contribution in [-0.2, 0) is 10.6 Å². The molecule has 0 aromatic heterocycles. The van der Waals surface area contributed by atoms with E-state index in [2.05, 4.69) is 0 Å². The lowest BCUT2D eigenvalue weighted by Crippen LogP contribution is -2.08. The summed E-state index contributed by atoms with van der Waals surface area (Å²) in [5.41, 5.74) is 0.813. The molecule has 0 fully saturated rings. The molecule has 3 nitrogen and oxygen atoms in total. The van der Waals surface area contributed by atoms with Crippen LogP contribution in [0.25, 0.3) is 0 Å². The topological polar surface area (TPSA) is 27.7 Å². The van der Waals surface area contributed by atoms with Gasteiger partial charge in [-0.3, -0.25) is 0 Å². The number of hydrogen-bond donors (Lipinski definition) is 0. The first-order valence-corrected chi connectivity index (χ1v) is 6.27. The quantitative estimate of drug-likeness (QED) is 0.564. The molecule has 17 heavy (non-hydrogen) atoms. The van der Waals surface area contributed by atoms with Crippen molar-refractivity contribution in [3.05, 3.63) is 22.7 Å². The van der Waals surface area contributed by atoms with Crippen LogP contribution in [0.3, 0.4) is 0 Å². The highest BCUT2D eigenvalue weighted by molar-refractivity contribution is 6.31. The van der Waals surface area contributed by atoms with Crippen LogP contribution in [0.2, 0.25) is 5.02 Å². The van der Waals surface area contributed by atoms with Gasteiger partial charge in [0.2, 0.25) is 0 Å². The second-order valence-electron chi connectivity index (χ2n) is 3.28. The van der Waals surface area contributed by atoms with Crippen molar-refractivity contribution in [3.63, 3.8) is 0 Å². The minimum atomic E-state index is 0.320.